The zero-order valence-electron chi connectivity index (χ0n) is 11.0. The zero-order chi connectivity index (χ0) is 13.7. The molecule has 2 aromatic carbocycles. The van der Waals surface area contributed by atoms with Gasteiger partial charge in [0.25, 0.3) is 5.91 Å². The molecule has 0 saturated heterocycles. The summed E-state index contributed by atoms with van der Waals surface area (Å²) < 4.78 is 0. The summed E-state index contributed by atoms with van der Waals surface area (Å²) in [4.78, 5) is 12.0. The lowest BCUT2D eigenvalue weighted by atomic mass is 10.1. The molecule has 3 heteroatoms. The molecule has 19 heavy (non-hydrogen) atoms. The lowest BCUT2D eigenvalue weighted by Crippen LogP contribution is -2.12. The number of hydrogen-bond acceptors (Lipinski definition) is 2. The largest absolute Gasteiger partial charge is 0.330 e. The summed E-state index contributed by atoms with van der Waals surface area (Å²) in [7, 11) is 0. The molecule has 0 saturated carbocycles. The first-order chi connectivity index (χ1) is 9.19. The van der Waals surface area contributed by atoms with Gasteiger partial charge >= 0.3 is 0 Å². The summed E-state index contributed by atoms with van der Waals surface area (Å²) in [6, 6.07) is 15.3. The molecular formula is C16H18N2O. The van der Waals surface area contributed by atoms with Gasteiger partial charge in [-0.3, -0.25) is 4.79 Å². The van der Waals surface area contributed by atoms with E-state index < -0.39 is 0 Å². The predicted molar refractivity (Wildman–Crippen MR) is 78.3 cm³/mol. The van der Waals surface area contributed by atoms with Crippen molar-refractivity contribution >= 4 is 11.6 Å². The van der Waals surface area contributed by atoms with Gasteiger partial charge in [-0.25, -0.2) is 0 Å². The van der Waals surface area contributed by atoms with Crippen LogP contribution >= 0.6 is 0 Å². The van der Waals surface area contributed by atoms with Crippen LogP contribution in [0.3, 0.4) is 0 Å². The van der Waals surface area contributed by atoms with Crippen molar-refractivity contribution in [2.24, 2.45) is 5.73 Å². The minimum absolute atomic E-state index is 0.0943. The summed E-state index contributed by atoms with van der Waals surface area (Å²) in [5, 5.41) is 2.87. The van der Waals surface area contributed by atoms with Crippen molar-refractivity contribution < 1.29 is 4.79 Å². The Morgan fingerprint density at radius 1 is 1.05 bits per heavy atom. The fraction of sp³-hybridized carbons (Fsp3) is 0.188. The van der Waals surface area contributed by atoms with Crippen molar-refractivity contribution in [3.05, 3.63) is 65.2 Å². The maximum absolute atomic E-state index is 12.0. The van der Waals surface area contributed by atoms with Crippen molar-refractivity contribution in [3.8, 4) is 0 Å². The second-order valence-corrected chi connectivity index (χ2v) is 4.56. The van der Waals surface area contributed by atoms with Crippen LogP contribution in [-0.4, -0.2) is 12.5 Å². The number of hydrogen-bond donors (Lipinski definition) is 2. The first-order valence-electron chi connectivity index (χ1n) is 6.36. The van der Waals surface area contributed by atoms with Crippen molar-refractivity contribution in [2.75, 3.05) is 11.9 Å². The Morgan fingerprint density at radius 2 is 1.68 bits per heavy atom. The fourth-order valence-electron chi connectivity index (χ4n) is 1.83. The standard InChI is InChI=1S/C16H18N2O/c1-12-2-8-15(9-3-12)18-16(19)14-6-4-13(5-7-14)10-11-17/h2-9H,10-11,17H2,1H3,(H,18,19). The van der Waals surface area contributed by atoms with Gasteiger partial charge in [-0.2, -0.15) is 0 Å². The van der Waals surface area contributed by atoms with E-state index in [4.69, 9.17) is 5.73 Å². The second kappa shape index (κ2) is 6.16. The molecule has 0 heterocycles. The average molecular weight is 254 g/mol. The normalized spacial score (nSPS) is 10.2. The molecule has 98 valence electrons. The molecule has 0 aromatic heterocycles. The van der Waals surface area contributed by atoms with Crippen LogP contribution in [0.15, 0.2) is 48.5 Å². The van der Waals surface area contributed by atoms with Crippen molar-refractivity contribution in [1.82, 2.24) is 0 Å². The van der Waals surface area contributed by atoms with E-state index in [0.29, 0.717) is 12.1 Å². The monoisotopic (exact) mass is 254 g/mol. The molecule has 2 rings (SSSR count). The number of benzene rings is 2. The molecule has 2 aromatic rings. The number of carbonyl (C=O) groups excluding carboxylic acids is 1. The molecule has 0 fully saturated rings. The predicted octanol–water partition coefficient (Wildman–Crippen LogP) is 2.75. The van der Waals surface area contributed by atoms with Gasteiger partial charge < -0.3 is 11.1 Å². The molecular weight excluding hydrogens is 236 g/mol. The van der Waals surface area contributed by atoms with Crippen LogP contribution in [0.4, 0.5) is 5.69 Å². The summed E-state index contributed by atoms with van der Waals surface area (Å²) >= 11 is 0. The number of nitrogens with two attached hydrogens (primary N) is 1. The van der Waals surface area contributed by atoms with Crippen LogP contribution in [0.1, 0.15) is 21.5 Å². The molecule has 0 bridgehead atoms. The van der Waals surface area contributed by atoms with E-state index in [9.17, 15) is 4.79 Å². The van der Waals surface area contributed by atoms with Gasteiger partial charge in [0.05, 0.1) is 0 Å². The number of rotatable bonds is 4. The maximum Gasteiger partial charge on any atom is 0.255 e. The molecule has 0 aliphatic heterocycles. The van der Waals surface area contributed by atoms with Gasteiger partial charge in [0.2, 0.25) is 0 Å². The summed E-state index contributed by atoms with van der Waals surface area (Å²) in [6.07, 6.45) is 0.833. The fourth-order valence-corrected chi connectivity index (χ4v) is 1.83. The third kappa shape index (κ3) is 3.66. The van der Waals surface area contributed by atoms with E-state index in [1.54, 1.807) is 0 Å². The first kappa shape index (κ1) is 13.3. The highest BCUT2D eigenvalue weighted by Gasteiger charge is 2.05. The Balaban J connectivity index is 2.05. The SMILES string of the molecule is Cc1ccc(NC(=O)c2ccc(CCN)cc2)cc1. The molecule has 3 N–H and O–H groups in total. The van der Waals surface area contributed by atoms with E-state index in [1.165, 1.54) is 5.56 Å². The number of anilines is 1. The lowest BCUT2D eigenvalue weighted by Gasteiger charge is -2.06. The van der Waals surface area contributed by atoms with Gasteiger partial charge in [-0.05, 0) is 49.7 Å². The Kier molecular flexibility index (Phi) is 4.31. The van der Waals surface area contributed by atoms with Crippen LogP contribution in [-0.2, 0) is 6.42 Å². The van der Waals surface area contributed by atoms with Crippen molar-refractivity contribution in [2.45, 2.75) is 13.3 Å². The third-order valence-corrected chi connectivity index (χ3v) is 2.96. The van der Waals surface area contributed by atoms with Gasteiger partial charge in [0.1, 0.15) is 0 Å². The average Bonchev–Trinajstić information content (AvgIpc) is 2.42. The number of aryl methyl sites for hydroxylation is 1. The second-order valence-electron chi connectivity index (χ2n) is 4.56. The van der Waals surface area contributed by atoms with Crippen LogP contribution < -0.4 is 11.1 Å². The minimum Gasteiger partial charge on any atom is -0.330 e. The molecule has 0 aliphatic carbocycles. The van der Waals surface area contributed by atoms with E-state index >= 15 is 0 Å². The molecule has 0 unspecified atom stereocenters. The molecule has 3 nitrogen and oxygen atoms in total. The van der Waals surface area contributed by atoms with Gasteiger partial charge in [0.15, 0.2) is 0 Å². The topological polar surface area (TPSA) is 55.1 Å². The highest BCUT2D eigenvalue weighted by Crippen LogP contribution is 2.11. The number of amides is 1. The quantitative estimate of drug-likeness (QED) is 0.881. The van der Waals surface area contributed by atoms with Crippen molar-refractivity contribution in [3.63, 3.8) is 0 Å². The Morgan fingerprint density at radius 3 is 2.26 bits per heavy atom. The van der Waals surface area contributed by atoms with Gasteiger partial charge in [-0.15, -0.1) is 0 Å². The minimum atomic E-state index is -0.0943. The van der Waals surface area contributed by atoms with Crippen LogP contribution in [0, 0.1) is 6.92 Å². The smallest absolute Gasteiger partial charge is 0.255 e. The van der Waals surface area contributed by atoms with E-state index in [-0.39, 0.29) is 5.91 Å². The molecule has 0 atom stereocenters. The van der Waals surface area contributed by atoms with Crippen LogP contribution in [0.25, 0.3) is 0 Å². The van der Waals surface area contributed by atoms with Crippen LogP contribution in [0.5, 0.6) is 0 Å². The summed E-state index contributed by atoms with van der Waals surface area (Å²) in [5.41, 5.74) is 9.27. The molecule has 0 radical (unpaired) electrons. The lowest BCUT2D eigenvalue weighted by molar-refractivity contribution is 0.102. The Labute approximate surface area is 113 Å². The zero-order valence-corrected chi connectivity index (χ0v) is 11.0. The first-order valence-corrected chi connectivity index (χ1v) is 6.36. The summed E-state index contributed by atoms with van der Waals surface area (Å²) in [5.74, 6) is -0.0943. The number of carbonyl (C=O) groups is 1. The highest BCUT2D eigenvalue weighted by molar-refractivity contribution is 6.04. The maximum atomic E-state index is 12.0. The Bertz CT molecular complexity index is 544. The number of nitrogens with one attached hydrogen (secondary N) is 1. The highest BCUT2D eigenvalue weighted by atomic mass is 16.1. The van der Waals surface area contributed by atoms with Crippen molar-refractivity contribution in [1.29, 1.82) is 0 Å². The molecule has 0 spiro atoms. The molecule has 1 amide bonds. The summed E-state index contributed by atoms with van der Waals surface area (Å²) in [6.45, 7) is 2.64. The van der Waals surface area contributed by atoms with E-state index in [2.05, 4.69) is 5.32 Å². The van der Waals surface area contributed by atoms with E-state index in [0.717, 1.165) is 17.7 Å². The van der Waals surface area contributed by atoms with Gasteiger partial charge in [-0.1, -0.05) is 29.8 Å². The molecule has 0 aliphatic rings. The van der Waals surface area contributed by atoms with Gasteiger partial charge in [0, 0.05) is 11.3 Å². The van der Waals surface area contributed by atoms with E-state index in [1.807, 2.05) is 55.5 Å². The third-order valence-electron chi connectivity index (χ3n) is 2.96. The Hall–Kier alpha value is -2.13. The van der Waals surface area contributed by atoms with Crippen LogP contribution in [0.2, 0.25) is 0 Å².